The summed E-state index contributed by atoms with van der Waals surface area (Å²) >= 11 is 6.53. The Hall–Kier alpha value is -3.17. The summed E-state index contributed by atoms with van der Waals surface area (Å²) in [5.41, 5.74) is 2.66. The number of imide groups is 1. The molecule has 0 spiro atoms. The first-order valence-corrected chi connectivity index (χ1v) is 10.4. The lowest BCUT2D eigenvalue weighted by atomic mass is 10.1. The largest absolute Gasteiger partial charge is 0.350 e. The Bertz CT molecular complexity index is 1130. The summed E-state index contributed by atoms with van der Waals surface area (Å²) in [5, 5.41) is 13.2. The summed E-state index contributed by atoms with van der Waals surface area (Å²) < 4.78 is 0. The van der Waals surface area contributed by atoms with Gasteiger partial charge in [0.15, 0.2) is 0 Å². The molecule has 0 atom stereocenters. The fourth-order valence-corrected chi connectivity index (χ4v) is 3.92. The van der Waals surface area contributed by atoms with Gasteiger partial charge in [0.05, 0.1) is 9.83 Å². The van der Waals surface area contributed by atoms with Gasteiger partial charge in [-0.25, -0.2) is 0 Å². The number of hydrogen-bond donors (Lipinski definition) is 1. The number of hydrogen-bond acceptors (Lipinski definition) is 6. The van der Waals surface area contributed by atoms with Gasteiger partial charge >= 0.3 is 0 Å². The van der Waals surface area contributed by atoms with Gasteiger partial charge in [-0.05, 0) is 66.6 Å². The first-order chi connectivity index (χ1) is 14.7. The summed E-state index contributed by atoms with van der Waals surface area (Å²) in [6.07, 6.45) is 1.40. The van der Waals surface area contributed by atoms with Gasteiger partial charge < -0.3 is 5.32 Å². The molecule has 1 heterocycles. The van der Waals surface area contributed by atoms with Gasteiger partial charge in [0.2, 0.25) is 0 Å². The van der Waals surface area contributed by atoms with E-state index in [0.717, 1.165) is 27.8 Å². The lowest BCUT2D eigenvalue weighted by Gasteiger charge is -2.13. The highest BCUT2D eigenvalue weighted by Crippen LogP contribution is 2.33. The van der Waals surface area contributed by atoms with Crippen LogP contribution in [0.3, 0.4) is 0 Å². The number of carbonyl (C=O) groups is 3. The van der Waals surface area contributed by atoms with Crippen LogP contribution in [0.4, 0.5) is 10.5 Å². The van der Waals surface area contributed by atoms with Crippen LogP contribution >= 0.6 is 23.4 Å². The van der Waals surface area contributed by atoms with Crippen LogP contribution in [0.5, 0.6) is 0 Å². The molecule has 10 heteroatoms. The molecule has 2 aromatic carbocycles. The molecular weight excluding hydrogens is 442 g/mol. The Morgan fingerprint density at radius 2 is 1.94 bits per heavy atom. The molecule has 2 aromatic rings. The van der Waals surface area contributed by atoms with Crippen molar-refractivity contribution in [2.24, 2.45) is 0 Å². The Morgan fingerprint density at radius 3 is 2.61 bits per heavy atom. The van der Waals surface area contributed by atoms with E-state index in [9.17, 15) is 24.5 Å². The van der Waals surface area contributed by atoms with Crippen molar-refractivity contribution in [2.45, 2.75) is 13.8 Å². The van der Waals surface area contributed by atoms with Crippen LogP contribution in [0.2, 0.25) is 5.02 Å². The molecule has 31 heavy (non-hydrogen) atoms. The highest BCUT2D eigenvalue weighted by molar-refractivity contribution is 8.18. The molecule has 0 unspecified atom stereocenters. The molecule has 160 valence electrons. The number of rotatable bonds is 6. The van der Waals surface area contributed by atoms with Gasteiger partial charge in [-0.3, -0.25) is 29.4 Å². The van der Waals surface area contributed by atoms with Crippen molar-refractivity contribution < 1.29 is 19.3 Å². The lowest BCUT2D eigenvalue weighted by Crippen LogP contribution is -2.37. The van der Waals surface area contributed by atoms with Crippen molar-refractivity contribution >= 4 is 52.2 Å². The normalized spacial score (nSPS) is 14.9. The smallest absolute Gasteiger partial charge is 0.293 e. The van der Waals surface area contributed by atoms with E-state index in [0.29, 0.717) is 11.1 Å². The zero-order chi connectivity index (χ0) is 22.7. The van der Waals surface area contributed by atoms with Gasteiger partial charge in [0, 0.05) is 24.7 Å². The number of amides is 3. The monoisotopic (exact) mass is 459 g/mol. The molecule has 1 fully saturated rings. The van der Waals surface area contributed by atoms with E-state index in [-0.39, 0.29) is 34.6 Å². The summed E-state index contributed by atoms with van der Waals surface area (Å²) in [5.74, 6) is -0.813. The molecule has 3 rings (SSSR count). The minimum absolute atomic E-state index is 0.0132. The number of benzene rings is 2. The van der Waals surface area contributed by atoms with E-state index in [1.54, 1.807) is 12.1 Å². The zero-order valence-corrected chi connectivity index (χ0v) is 18.2. The number of carbonyl (C=O) groups excluding carboxylic acids is 3. The molecule has 1 aliphatic heterocycles. The van der Waals surface area contributed by atoms with E-state index >= 15 is 0 Å². The Morgan fingerprint density at radius 1 is 1.19 bits per heavy atom. The number of halogens is 1. The second-order valence-electron chi connectivity index (χ2n) is 6.86. The molecule has 1 aliphatic rings. The molecule has 0 radical (unpaired) electrons. The molecule has 8 nitrogen and oxygen atoms in total. The number of nitro groups is 1. The maximum Gasteiger partial charge on any atom is 0.293 e. The average molecular weight is 460 g/mol. The fourth-order valence-electron chi connectivity index (χ4n) is 2.87. The Balaban J connectivity index is 1.64. The van der Waals surface area contributed by atoms with Gasteiger partial charge in [-0.2, -0.15) is 0 Å². The third kappa shape index (κ3) is 5.12. The lowest BCUT2D eigenvalue weighted by molar-refractivity contribution is -0.384. The van der Waals surface area contributed by atoms with E-state index in [1.165, 1.54) is 24.3 Å². The predicted octanol–water partition coefficient (Wildman–Crippen LogP) is 4.33. The van der Waals surface area contributed by atoms with Crippen molar-refractivity contribution in [2.75, 3.05) is 13.1 Å². The topological polar surface area (TPSA) is 110 Å². The maximum absolute atomic E-state index is 12.6. The fraction of sp³-hybridized carbons (Fsp3) is 0.190. The molecule has 1 N–H and O–H groups in total. The molecule has 0 saturated carbocycles. The molecule has 0 aromatic heterocycles. The highest BCUT2D eigenvalue weighted by atomic mass is 35.5. The van der Waals surface area contributed by atoms with Gasteiger partial charge in [-0.1, -0.05) is 23.7 Å². The SMILES string of the molecule is Cc1ccc(C(=O)NCCN2C(=O)S/C(=C/c3ccc(Cl)c([N+](=O)[O-])c3)C2=O)cc1C. The third-order valence-corrected chi connectivity index (χ3v) is 5.96. The minimum atomic E-state index is -0.621. The molecule has 1 saturated heterocycles. The number of nitrogens with zero attached hydrogens (tertiary/aromatic N) is 2. The maximum atomic E-state index is 12.6. The van der Waals surface area contributed by atoms with Crippen molar-refractivity contribution in [3.63, 3.8) is 0 Å². The summed E-state index contributed by atoms with van der Waals surface area (Å²) in [6.45, 7) is 3.98. The Kier molecular flexibility index (Phi) is 6.77. The number of thioether (sulfide) groups is 1. The van der Waals surface area contributed by atoms with Crippen LogP contribution in [0.25, 0.3) is 6.08 Å². The second-order valence-corrected chi connectivity index (χ2v) is 8.26. The van der Waals surface area contributed by atoms with Gasteiger partial charge in [-0.15, -0.1) is 0 Å². The Labute approximate surface area is 187 Å². The van der Waals surface area contributed by atoms with Crippen LogP contribution < -0.4 is 5.32 Å². The van der Waals surface area contributed by atoms with Gasteiger partial charge in [0.25, 0.3) is 22.7 Å². The van der Waals surface area contributed by atoms with Crippen LogP contribution in [0, 0.1) is 24.0 Å². The van der Waals surface area contributed by atoms with Crippen LogP contribution in [-0.2, 0) is 4.79 Å². The highest BCUT2D eigenvalue weighted by Gasteiger charge is 2.34. The predicted molar refractivity (Wildman–Crippen MR) is 119 cm³/mol. The number of nitrogens with one attached hydrogen (secondary N) is 1. The van der Waals surface area contributed by atoms with E-state index < -0.39 is 16.1 Å². The second kappa shape index (κ2) is 9.32. The van der Waals surface area contributed by atoms with Crippen molar-refractivity contribution in [3.05, 3.63) is 78.7 Å². The number of aryl methyl sites for hydroxylation is 2. The summed E-state index contributed by atoms with van der Waals surface area (Å²) in [7, 11) is 0. The van der Waals surface area contributed by atoms with Crippen molar-refractivity contribution in [1.29, 1.82) is 0 Å². The molecular formula is C21H18ClN3O5S. The first kappa shape index (κ1) is 22.5. The minimum Gasteiger partial charge on any atom is -0.350 e. The van der Waals surface area contributed by atoms with Crippen LogP contribution in [0.15, 0.2) is 41.3 Å². The molecule has 3 amide bonds. The zero-order valence-electron chi connectivity index (χ0n) is 16.7. The van der Waals surface area contributed by atoms with E-state index in [1.807, 2.05) is 19.9 Å². The molecule has 0 bridgehead atoms. The first-order valence-electron chi connectivity index (χ1n) is 9.22. The standard InChI is InChI=1S/C21H18ClN3O5S/c1-12-3-5-15(9-13(12)2)19(26)23-7-8-24-20(27)18(31-21(24)28)11-14-4-6-16(22)17(10-14)25(29)30/h3-6,9-11H,7-8H2,1-2H3,(H,23,26)/b18-11+. The average Bonchev–Trinajstić information content (AvgIpc) is 2.98. The van der Waals surface area contributed by atoms with Crippen molar-refractivity contribution in [1.82, 2.24) is 10.2 Å². The summed E-state index contributed by atoms with van der Waals surface area (Å²) in [6, 6.07) is 9.46. The van der Waals surface area contributed by atoms with Crippen LogP contribution in [-0.4, -0.2) is 40.0 Å². The summed E-state index contributed by atoms with van der Waals surface area (Å²) in [4.78, 5) is 48.7. The quantitative estimate of drug-likeness (QED) is 0.391. The van der Waals surface area contributed by atoms with Crippen molar-refractivity contribution in [3.8, 4) is 0 Å². The number of nitro benzene ring substituents is 1. The van der Waals surface area contributed by atoms with Gasteiger partial charge in [0.1, 0.15) is 5.02 Å². The molecule has 0 aliphatic carbocycles. The van der Waals surface area contributed by atoms with E-state index in [2.05, 4.69) is 5.32 Å². The van der Waals surface area contributed by atoms with Crippen LogP contribution in [0.1, 0.15) is 27.0 Å². The third-order valence-electron chi connectivity index (χ3n) is 4.73. The van der Waals surface area contributed by atoms with E-state index in [4.69, 9.17) is 11.6 Å².